The van der Waals surface area contributed by atoms with Crippen molar-refractivity contribution in [2.75, 3.05) is 18.8 Å². The van der Waals surface area contributed by atoms with E-state index in [2.05, 4.69) is 34.7 Å². The molecule has 18 heavy (non-hydrogen) atoms. The van der Waals surface area contributed by atoms with Gasteiger partial charge in [-0.3, -0.25) is 4.99 Å². The number of thiophene rings is 1. The molecule has 1 unspecified atom stereocenters. The van der Waals surface area contributed by atoms with Gasteiger partial charge in [0.1, 0.15) is 0 Å². The van der Waals surface area contributed by atoms with Crippen molar-refractivity contribution in [2.24, 2.45) is 10.7 Å². The van der Waals surface area contributed by atoms with Crippen LogP contribution in [0.3, 0.4) is 0 Å². The van der Waals surface area contributed by atoms with Crippen LogP contribution < -0.4 is 11.1 Å². The second-order valence-electron chi connectivity index (χ2n) is 4.86. The van der Waals surface area contributed by atoms with Crippen LogP contribution in [-0.2, 0) is 6.42 Å². The van der Waals surface area contributed by atoms with E-state index in [1.54, 1.807) is 11.3 Å². The predicted octanol–water partition coefficient (Wildman–Crippen LogP) is 2.48. The van der Waals surface area contributed by atoms with E-state index < -0.39 is 0 Å². The zero-order valence-corrected chi connectivity index (χ0v) is 12.4. The Morgan fingerprint density at radius 3 is 3.17 bits per heavy atom. The van der Waals surface area contributed by atoms with Gasteiger partial charge in [-0.1, -0.05) is 6.07 Å². The summed E-state index contributed by atoms with van der Waals surface area (Å²) in [6, 6.07) is 4.23. The molecule has 1 aliphatic rings. The molecule has 1 aromatic rings. The first-order valence-electron chi connectivity index (χ1n) is 6.38. The summed E-state index contributed by atoms with van der Waals surface area (Å²) in [4.78, 5) is 5.85. The molecule has 1 aliphatic heterocycles. The normalized spacial score (nSPS) is 24.4. The van der Waals surface area contributed by atoms with Gasteiger partial charge >= 0.3 is 0 Å². The molecule has 1 fully saturated rings. The minimum Gasteiger partial charge on any atom is -0.370 e. The van der Waals surface area contributed by atoms with E-state index >= 15 is 0 Å². The van der Waals surface area contributed by atoms with Gasteiger partial charge in [0.2, 0.25) is 0 Å². The first-order chi connectivity index (χ1) is 8.68. The largest absolute Gasteiger partial charge is 0.370 e. The minimum absolute atomic E-state index is 0.306. The molecule has 100 valence electrons. The van der Waals surface area contributed by atoms with Gasteiger partial charge < -0.3 is 11.1 Å². The van der Waals surface area contributed by atoms with Gasteiger partial charge in [-0.15, -0.1) is 11.3 Å². The van der Waals surface area contributed by atoms with E-state index in [0.29, 0.717) is 10.7 Å². The smallest absolute Gasteiger partial charge is 0.188 e. The molecule has 0 aliphatic carbocycles. The van der Waals surface area contributed by atoms with E-state index in [4.69, 9.17) is 5.73 Å². The second kappa shape index (κ2) is 6.48. The Hall–Kier alpha value is -0.680. The van der Waals surface area contributed by atoms with Gasteiger partial charge in [-0.2, -0.15) is 11.8 Å². The molecule has 0 bridgehead atoms. The summed E-state index contributed by atoms with van der Waals surface area (Å²) in [6.07, 6.45) is 3.58. The molecule has 1 atom stereocenters. The highest BCUT2D eigenvalue weighted by Gasteiger charge is 2.28. The van der Waals surface area contributed by atoms with Gasteiger partial charge in [0.25, 0.3) is 0 Å². The van der Waals surface area contributed by atoms with E-state index in [9.17, 15) is 0 Å². The molecule has 0 amide bonds. The lowest BCUT2D eigenvalue weighted by atomic mass is 10.1. The third-order valence-electron chi connectivity index (χ3n) is 3.14. The van der Waals surface area contributed by atoms with Crippen LogP contribution in [0.2, 0.25) is 0 Å². The van der Waals surface area contributed by atoms with Gasteiger partial charge in [0.15, 0.2) is 5.96 Å². The first kappa shape index (κ1) is 13.7. The molecule has 0 saturated carbocycles. The Kier molecular flexibility index (Phi) is 4.95. The molecular weight excluding hydrogens is 262 g/mol. The molecule has 0 aromatic carbocycles. The van der Waals surface area contributed by atoms with Crippen molar-refractivity contribution in [3.8, 4) is 0 Å². The maximum atomic E-state index is 5.88. The summed E-state index contributed by atoms with van der Waals surface area (Å²) >= 11 is 3.80. The summed E-state index contributed by atoms with van der Waals surface area (Å²) in [5.41, 5.74) is 5.88. The Labute approximate surface area is 117 Å². The Morgan fingerprint density at radius 1 is 1.61 bits per heavy atom. The summed E-state index contributed by atoms with van der Waals surface area (Å²) < 4.78 is 0.306. The van der Waals surface area contributed by atoms with Crippen molar-refractivity contribution in [3.05, 3.63) is 22.4 Å². The number of aliphatic imine (C=N–C) groups is 1. The zero-order chi connectivity index (χ0) is 12.8. The lowest BCUT2D eigenvalue weighted by Crippen LogP contribution is -2.34. The number of hydrogen-bond donors (Lipinski definition) is 2. The second-order valence-corrected chi connectivity index (χ2v) is 7.57. The molecule has 5 heteroatoms. The van der Waals surface area contributed by atoms with Gasteiger partial charge in [-0.25, -0.2) is 0 Å². The zero-order valence-electron chi connectivity index (χ0n) is 10.8. The van der Waals surface area contributed by atoms with Crippen molar-refractivity contribution in [1.82, 2.24) is 5.32 Å². The molecule has 0 radical (unpaired) electrons. The van der Waals surface area contributed by atoms with Crippen LogP contribution in [0.15, 0.2) is 22.5 Å². The Bertz CT molecular complexity index is 381. The fraction of sp³-hybridized carbons (Fsp3) is 0.615. The van der Waals surface area contributed by atoms with Crippen molar-refractivity contribution >= 4 is 29.1 Å². The quantitative estimate of drug-likeness (QED) is 0.645. The van der Waals surface area contributed by atoms with Crippen LogP contribution in [0.1, 0.15) is 24.6 Å². The molecule has 0 spiro atoms. The van der Waals surface area contributed by atoms with Crippen LogP contribution in [0, 0.1) is 0 Å². The average molecular weight is 283 g/mol. The topological polar surface area (TPSA) is 50.4 Å². The van der Waals surface area contributed by atoms with Crippen molar-refractivity contribution in [1.29, 1.82) is 0 Å². The van der Waals surface area contributed by atoms with E-state index in [-0.39, 0.29) is 0 Å². The van der Waals surface area contributed by atoms with Gasteiger partial charge in [0, 0.05) is 16.2 Å². The molecule has 1 aromatic heterocycles. The van der Waals surface area contributed by atoms with Crippen LogP contribution in [0.5, 0.6) is 0 Å². The standard InChI is InChI=1S/C13H21N3S2/c1-13(6-3-9-18-13)10-16-12(14)15-7-5-11-4-2-8-17-11/h2,4,8H,3,5-7,9-10H2,1H3,(H3,14,15,16). The number of nitrogens with two attached hydrogens (primary N) is 1. The number of hydrogen-bond acceptors (Lipinski definition) is 3. The maximum absolute atomic E-state index is 5.88. The first-order valence-corrected chi connectivity index (χ1v) is 8.25. The van der Waals surface area contributed by atoms with E-state index in [1.165, 1.54) is 23.5 Å². The molecule has 3 nitrogen and oxygen atoms in total. The van der Waals surface area contributed by atoms with Crippen LogP contribution in [0.4, 0.5) is 0 Å². The SMILES string of the molecule is CC1(CN=C(N)NCCc2cccs2)CCCS1. The minimum atomic E-state index is 0.306. The number of thioether (sulfide) groups is 1. The van der Waals surface area contributed by atoms with E-state index in [1.807, 2.05) is 11.8 Å². The molecule has 2 rings (SSSR count). The fourth-order valence-corrected chi connectivity index (χ4v) is 3.97. The number of guanidine groups is 1. The lowest BCUT2D eigenvalue weighted by Gasteiger charge is -2.19. The number of rotatable bonds is 5. The highest BCUT2D eigenvalue weighted by atomic mass is 32.2. The fourth-order valence-electron chi connectivity index (χ4n) is 2.04. The monoisotopic (exact) mass is 283 g/mol. The summed E-state index contributed by atoms with van der Waals surface area (Å²) in [5.74, 6) is 1.85. The highest BCUT2D eigenvalue weighted by Crippen LogP contribution is 2.37. The van der Waals surface area contributed by atoms with Crippen LogP contribution in [0.25, 0.3) is 0 Å². The van der Waals surface area contributed by atoms with Crippen molar-refractivity contribution < 1.29 is 0 Å². The number of nitrogens with one attached hydrogen (secondary N) is 1. The van der Waals surface area contributed by atoms with E-state index in [0.717, 1.165) is 19.5 Å². The average Bonchev–Trinajstić information content (AvgIpc) is 2.99. The Morgan fingerprint density at radius 2 is 2.50 bits per heavy atom. The molecular formula is C13H21N3S2. The lowest BCUT2D eigenvalue weighted by molar-refractivity contribution is 0.617. The predicted molar refractivity (Wildman–Crippen MR) is 82.6 cm³/mol. The van der Waals surface area contributed by atoms with Gasteiger partial charge in [0.05, 0.1) is 6.54 Å². The summed E-state index contributed by atoms with van der Waals surface area (Å²) in [6.45, 7) is 3.97. The molecule has 3 N–H and O–H groups in total. The third-order valence-corrected chi connectivity index (χ3v) is 5.60. The summed E-state index contributed by atoms with van der Waals surface area (Å²) in [7, 11) is 0. The highest BCUT2D eigenvalue weighted by molar-refractivity contribution is 8.00. The molecule has 2 heterocycles. The van der Waals surface area contributed by atoms with Gasteiger partial charge in [-0.05, 0) is 43.4 Å². The summed E-state index contributed by atoms with van der Waals surface area (Å²) in [5, 5.41) is 5.29. The van der Waals surface area contributed by atoms with Crippen molar-refractivity contribution in [2.45, 2.75) is 30.9 Å². The van der Waals surface area contributed by atoms with Crippen molar-refractivity contribution in [3.63, 3.8) is 0 Å². The third kappa shape index (κ3) is 4.21. The molecule has 1 saturated heterocycles. The van der Waals surface area contributed by atoms with Crippen LogP contribution in [-0.4, -0.2) is 29.5 Å². The van der Waals surface area contributed by atoms with Crippen LogP contribution >= 0.6 is 23.1 Å². The Balaban J connectivity index is 1.69. The number of nitrogens with zero attached hydrogens (tertiary/aromatic N) is 1. The maximum Gasteiger partial charge on any atom is 0.188 e.